The molecular weight excluding hydrogens is 230 g/mol. The van der Waals surface area contributed by atoms with E-state index in [9.17, 15) is 0 Å². The highest BCUT2D eigenvalue weighted by atomic mass is 16.5. The molecular formula is C14H31NO3. The summed E-state index contributed by atoms with van der Waals surface area (Å²) in [6.07, 6.45) is 2.38. The highest BCUT2D eigenvalue weighted by Gasteiger charge is 1.94. The summed E-state index contributed by atoms with van der Waals surface area (Å²) in [4.78, 5) is 0. The first-order valence-electron chi connectivity index (χ1n) is 7.21. The van der Waals surface area contributed by atoms with Gasteiger partial charge in [0.05, 0.1) is 33.0 Å². The van der Waals surface area contributed by atoms with Crippen molar-refractivity contribution in [2.75, 3.05) is 52.7 Å². The molecule has 4 nitrogen and oxygen atoms in total. The second-order valence-corrected chi connectivity index (χ2v) is 4.73. The van der Waals surface area contributed by atoms with E-state index in [2.05, 4.69) is 26.1 Å². The zero-order valence-electron chi connectivity index (χ0n) is 12.4. The van der Waals surface area contributed by atoms with Crippen LogP contribution in [0.1, 0.15) is 33.6 Å². The molecule has 0 saturated heterocycles. The van der Waals surface area contributed by atoms with Gasteiger partial charge in [-0.15, -0.1) is 0 Å². The molecule has 4 heteroatoms. The van der Waals surface area contributed by atoms with Crippen molar-refractivity contribution in [2.24, 2.45) is 5.92 Å². The molecule has 0 aliphatic carbocycles. The zero-order chi connectivity index (χ0) is 13.5. The van der Waals surface area contributed by atoms with Crippen molar-refractivity contribution in [1.29, 1.82) is 0 Å². The van der Waals surface area contributed by atoms with E-state index in [1.165, 1.54) is 6.42 Å². The van der Waals surface area contributed by atoms with Gasteiger partial charge in [0, 0.05) is 13.2 Å². The van der Waals surface area contributed by atoms with Gasteiger partial charge in [-0.2, -0.15) is 0 Å². The average molecular weight is 261 g/mol. The van der Waals surface area contributed by atoms with Crippen molar-refractivity contribution in [2.45, 2.75) is 33.6 Å². The van der Waals surface area contributed by atoms with Crippen LogP contribution in [0.5, 0.6) is 0 Å². The molecule has 0 aromatic rings. The molecule has 0 aromatic carbocycles. The first-order valence-corrected chi connectivity index (χ1v) is 7.21. The van der Waals surface area contributed by atoms with Crippen LogP contribution in [0.25, 0.3) is 0 Å². The Morgan fingerprint density at radius 3 is 1.94 bits per heavy atom. The van der Waals surface area contributed by atoms with E-state index in [1.807, 2.05) is 0 Å². The lowest BCUT2D eigenvalue weighted by Crippen LogP contribution is -2.20. The Hall–Kier alpha value is -0.160. The standard InChI is InChI=1S/C14H31NO3/c1-4-15-7-9-17-11-13-18-12-10-16-8-5-6-14(2)3/h14-15H,4-13H2,1-3H3. The van der Waals surface area contributed by atoms with Gasteiger partial charge in [0.15, 0.2) is 0 Å². The SMILES string of the molecule is CCNCCOCCOCCOCCCC(C)C. The summed E-state index contributed by atoms with van der Waals surface area (Å²) >= 11 is 0. The summed E-state index contributed by atoms with van der Waals surface area (Å²) in [5, 5.41) is 3.20. The fraction of sp³-hybridized carbons (Fsp3) is 1.00. The summed E-state index contributed by atoms with van der Waals surface area (Å²) in [7, 11) is 0. The monoisotopic (exact) mass is 261 g/mol. The summed E-state index contributed by atoms with van der Waals surface area (Å²) < 4.78 is 16.2. The molecule has 0 rings (SSSR count). The smallest absolute Gasteiger partial charge is 0.0701 e. The minimum Gasteiger partial charge on any atom is -0.379 e. The third-order valence-electron chi connectivity index (χ3n) is 2.49. The molecule has 0 aliphatic rings. The molecule has 0 saturated carbocycles. The molecule has 0 amide bonds. The van der Waals surface area contributed by atoms with E-state index in [1.54, 1.807) is 0 Å². The minimum absolute atomic E-state index is 0.654. The molecule has 110 valence electrons. The highest BCUT2D eigenvalue weighted by Crippen LogP contribution is 2.02. The maximum atomic E-state index is 5.47. The Balaban J connectivity index is 2.90. The van der Waals surface area contributed by atoms with Gasteiger partial charge < -0.3 is 19.5 Å². The number of likely N-dealkylation sites (N-methyl/N-ethyl adjacent to an activating group) is 1. The van der Waals surface area contributed by atoms with Gasteiger partial charge in [-0.25, -0.2) is 0 Å². The quantitative estimate of drug-likeness (QED) is 0.486. The molecule has 0 spiro atoms. The maximum Gasteiger partial charge on any atom is 0.0701 e. The van der Waals surface area contributed by atoms with Crippen LogP contribution in [0.15, 0.2) is 0 Å². The summed E-state index contributed by atoms with van der Waals surface area (Å²) in [6.45, 7) is 12.7. The van der Waals surface area contributed by atoms with Crippen molar-refractivity contribution in [3.05, 3.63) is 0 Å². The Labute approximate surface area is 112 Å². The van der Waals surface area contributed by atoms with E-state index < -0.39 is 0 Å². The van der Waals surface area contributed by atoms with Crippen molar-refractivity contribution in [3.8, 4) is 0 Å². The predicted octanol–water partition coefficient (Wildman–Crippen LogP) is 2.08. The van der Waals surface area contributed by atoms with Gasteiger partial charge in [0.2, 0.25) is 0 Å². The van der Waals surface area contributed by atoms with Crippen molar-refractivity contribution < 1.29 is 14.2 Å². The Kier molecular flexibility index (Phi) is 14.8. The first kappa shape index (κ1) is 17.8. The largest absolute Gasteiger partial charge is 0.379 e. The second-order valence-electron chi connectivity index (χ2n) is 4.73. The van der Waals surface area contributed by atoms with E-state index >= 15 is 0 Å². The van der Waals surface area contributed by atoms with Crippen LogP contribution in [-0.4, -0.2) is 52.7 Å². The van der Waals surface area contributed by atoms with Gasteiger partial charge in [-0.3, -0.25) is 0 Å². The summed E-state index contributed by atoms with van der Waals surface area (Å²) in [5.41, 5.74) is 0. The Bertz CT molecular complexity index is 154. The predicted molar refractivity (Wildman–Crippen MR) is 75.1 cm³/mol. The van der Waals surface area contributed by atoms with E-state index in [4.69, 9.17) is 14.2 Å². The number of hydrogen-bond donors (Lipinski definition) is 1. The van der Waals surface area contributed by atoms with E-state index in [0.29, 0.717) is 26.4 Å². The zero-order valence-corrected chi connectivity index (χ0v) is 12.4. The number of ether oxygens (including phenoxy) is 3. The fourth-order valence-corrected chi connectivity index (χ4v) is 1.46. The van der Waals surface area contributed by atoms with Gasteiger partial charge in [-0.05, 0) is 25.3 Å². The van der Waals surface area contributed by atoms with Crippen LogP contribution in [0.2, 0.25) is 0 Å². The molecule has 0 radical (unpaired) electrons. The Morgan fingerprint density at radius 1 is 0.833 bits per heavy atom. The third kappa shape index (κ3) is 15.8. The first-order chi connectivity index (χ1) is 8.77. The number of hydrogen-bond acceptors (Lipinski definition) is 4. The number of rotatable bonds is 14. The van der Waals surface area contributed by atoms with Crippen molar-refractivity contribution in [1.82, 2.24) is 5.32 Å². The molecule has 18 heavy (non-hydrogen) atoms. The fourth-order valence-electron chi connectivity index (χ4n) is 1.46. The molecule has 0 fully saturated rings. The summed E-state index contributed by atoms with van der Waals surface area (Å²) in [6, 6.07) is 0. The van der Waals surface area contributed by atoms with Gasteiger partial charge in [0.25, 0.3) is 0 Å². The van der Waals surface area contributed by atoms with Crippen LogP contribution in [-0.2, 0) is 14.2 Å². The lowest BCUT2D eigenvalue weighted by atomic mass is 10.1. The van der Waals surface area contributed by atoms with Gasteiger partial charge in [-0.1, -0.05) is 20.8 Å². The minimum atomic E-state index is 0.654. The highest BCUT2D eigenvalue weighted by molar-refractivity contribution is 4.44. The van der Waals surface area contributed by atoms with Crippen LogP contribution in [0, 0.1) is 5.92 Å². The van der Waals surface area contributed by atoms with Crippen LogP contribution < -0.4 is 5.32 Å². The number of nitrogens with one attached hydrogen (secondary N) is 1. The van der Waals surface area contributed by atoms with Crippen LogP contribution >= 0.6 is 0 Å². The lowest BCUT2D eigenvalue weighted by molar-refractivity contribution is 0.0142. The van der Waals surface area contributed by atoms with Crippen LogP contribution in [0.4, 0.5) is 0 Å². The molecule has 0 atom stereocenters. The third-order valence-corrected chi connectivity index (χ3v) is 2.49. The van der Waals surface area contributed by atoms with E-state index in [-0.39, 0.29) is 0 Å². The summed E-state index contributed by atoms with van der Waals surface area (Å²) in [5.74, 6) is 0.768. The molecule has 0 aromatic heterocycles. The molecule has 1 N–H and O–H groups in total. The van der Waals surface area contributed by atoms with E-state index in [0.717, 1.165) is 38.6 Å². The molecule has 0 heterocycles. The maximum absolute atomic E-state index is 5.47. The molecule has 0 aliphatic heterocycles. The Morgan fingerprint density at radius 2 is 1.39 bits per heavy atom. The average Bonchev–Trinajstić information content (AvgIpc) is 2.34. The molecule has 0 unspecified atom stereocenters. The normalized spacial score (nSPS) is 11.3. The van der Waals surface area contributed by atoms with Crippen LogP contribution in [0.3, 0.4) is 0 Å². The lowest BCUT2D eigenvalue weighted by Gasteiger charge is -2.07. The molecule has 0 bridgehead atoms. The van der Waals surface area contributed by atoms with Crippen molar-refractivity contribution in [3.63, 3.8) is 0 Å². The van der Waals surface area contributed by atoms with Gasteiger partial charge >= 0.3 is 0 Å². The van der Waals surface area contributed by atoms with Crippen molar-refractivity contribution >= 4 is 0 Å². The topological polar surface area (TPSA) is 39.7 Å². The second kappa shape index (κ2) is 14.9. The van der Waals surface area contributed by atoms with Gasteiger partial charge in [0.1, 0.15) is 0 Å².